The molecule has 2 aromatic carbocycles. The van der Waals surface area contributed by atoms with Gasteiger partial charge >= 0.3 is 0 Å². The lowest BCUT2D eigenvalue weighted by Gasteiger charge is -2.27. The summed E-state index contributed by atoms with van der Waals surface area (Å²) in [6.45, 7) is 3.10. The van der Waals surface area contributed by atoms with Gasteiger partial charge in [-0.15, -0.1) is 0 Å². The van der Waals surface area contributed by atoms with Crippen LogP contribution < -0.4 is 15.5 Å². The minimum Gasteiger partial charge on any atom is -0.336 e. The average molecular weight is 428 g/mol. The van der Waals surface area contributed by atoms with Crippen molar-refractivity contribution in [1.29, 1.82) is 0 Å². The van der Waals surface area contributed by atoms with Gasteiger partial charge < -0.3 is 20.4 Å². The molecular formula is C24H24N6O2. The highest BCUT2D eigenvalue weighted by Crippen LogP contribution is 2.35. The molecule has 0 atom stereocenters. The van der Waals surface area contributed by atoms with E-state index in [1.807, 2.05) is 53.4 Å². The van der Waals surface area contributed by atoms with E-state index in [-0.39, 0.29) is 18.2 Å². The number of amides is 2. The van der Waals surface area contributed by atoms with E-state index in [9.17, 15) is 9.59 Å². The second kappa shape index (κ2) is 8.39. The van der Waals surface area contributed by atoms with Crippen LogP contribution in [0.4, 0.5) is 17.3 Å². The Balaban J connectivity index is 1.39. The molecule has 0 aliphatic carbocycles. The molecule has 2 N–H and O–H groups in total. The maximum absolute atomic E-state index is 12.7. The minimum atomic E-state index is 0.00486. The first kappa shape index (κ1) is 20.1. The van der Waals surface area contributed by atoms with Crippen molar-refractivity contribution in [1.82, 2.24) is 20.2 Å². The Morgan fingerprint density at radius 2 is 1.81 bits per heavy atom. The van der Waals surface area contributed by atoms with Crippen LogP contribution in [0.1, 0.15) is 15.9 Å². The molecule has 3 heterocycles. The normalized spacial score (nSPS) is 15.6. The number of anilines is 3. The zero-order valence-electron chi connectivity index (χ0n) is 17.8. The molecule has 0 radical (unpaired) electrons. The molecule has 2 amide bonds. The summed E-state index contributed by atoms with van der Waals surface area (Å²) < 4.78 is 0. The number of hydrogen-bond donors (Lipinski definition) is 2. The van der Waals surface area contributed by atoms with Gasteiger partial charge in [0, 0.05) is 61.8 Å². The standard InChI is InChI=1S/C24H24N6O2/c1-29-20-5-3-2-4-19(20)22-17(14-21(29)31)15-26-24(28-22)27-18-8-6-16(7-9-18)23(32)30-12-10-25-11-13-30/h2-9,15,25H,10-14H2,1H3,(H,26,27,28). The summed E-state index contributed by atoms with van der Waals surface area (Å²) >= 11 is 0. The highest BCUT2D eigenvalue weighted by molar-refractivity contribution is 6.01. The van der Waals surface area contributed by atoms with Crippen LogP contribution in [0.25, 0.3) is 11.3 Å². The van der Waals surface area contributed by atoms with Gasteiger partial charge in [-0.1, -0.05) is 18.2 Å². The Labute approximate surface area is 186 Å². The molecular weight excluding hydrogens is 404 g/mol. The van der Waals surface area contributed by atoms with E-state index in [1.165, 1.54) is 0 Å². The molecule has 8 nitrogen and oxygen atoms in total. The largest absolute Gasteiger partial charge is 0.336 e. The molecule has 3 aromatic rings. The van der Waals surface area contributed by atoms with Crippen molar-refractivity contribution >= 4 is 29.1 Å². The van der Waals surface area contributed by atoms with Crippen LogP contribution in [0.5, 0.6) is 0 Å². The van der Waals surface area contributed by atoms with E-state index in [0.717, 1.165) is 54.4 Å². The number of carbonyl (C=O) groups is 2. The van der Waals surface area contributed by atoms with Crippen molar-refractivity contribution in [3.63, 3.8) is 0 Å². The fraction of sp³-hybridized carbons (Fsp3) is 0.250. The summed E-state index contributed by atoms with van der Waals surface area (Å²) in [5, 5.41) is 6.47. The third-order valence-corrected chi connectivity index (χ3v) is 5.89. The molecule has 32 heavy (non-hydrogen) atoms. The van der Waals surface area contributed by atoms with Crippen LogP contribution in [0.2, 0.25) is 0 Å². The molecule has 1 saturated heterocycles. The fourth-order valence-corrected chi connectivity index (χ4v) is 4.09. The van der Waals surface area contributed by atoms with E-state index < -0.39 is 0 Å². The summed E-state index contributed by atoms with van der Waals surface area (Å²) in [7, 11) is 1.78. The third kappa shape index (κ3) is 3.80. The lowest BCUT2D eigenvalue weighted by molar-refractivity contribution is -0.117. The quantitative estimate of drug-likeness (QED) is 0.666. The summed E-state index contributed by atoms with van der Waals surface area (Å²) in [6.07, 6.45) is 1.96. The van der Waals surface area contributed by atoms with Crippen LogP contribution in [0.15, 0.2) is 54.7 Å². The van der Waals surface area contributed by atoms with Crippen molar-refractivity contribution in [3.8, 4) is 11.3 Å². The first-order valence-corrected chi connectivity index (χ1v) is 10.7. The van der Waals surface area contributed by atoms with Crippen LogP contribution >= 0.6 is 0 Å². The fourth-order valence-electron chi connectivity index (χ4n) is 4.09. The van der Waals surface area contributed by atoms with Gasteiger partial charge in [-0.3, -0.25) is 9.59 Å². The summed E-state index contributed by atoms with van der Waals surface area (Å²) in [5.41, 5.74) is 4.73. The van der Waals surface area contributed by atoms with E-state index >= 15 is 0 Å². The number of fused-ring (bicyclic) bond motifs is 3. The lowest BCUT2D eigenvalue weighted by atomic mass is 10.1. The molecule has 1 fully saturated rings. The van der Waals surface area contributed by atoms with Gasteiger partial charge in [0.25, 0.3) is 5.91 Å². The number of benzene rings is 2. The SMILES string of the molecule is CN1C(=O)Cc2cnc(Nc3ccc(C(=O)N4CCNCC4)cc3)nc2-c2ccccc21. The number of nitrogens with zero attached hydrogens (tertiary/aromatic N) is 4. The van der Waals surface area contributed by atoms with E-state index in [0.29, 0.717) is 11.5 Å². The van der Waals surface area contributed by atoms with Gasteiger partial charge in [0.05, 0.1) is 17.8 Å². The Morgan fingerprint density at radius 3 is 2.59 bits per heavy atom. The van der Waals surface area contributed by atoms with E-state index in [4.69, 9.17) is 4.98 Å². The lowest BCUT2D eigenvalue weighted by Crippen LogP contribution is -2.46. The van der Waals surface area contributed by atoms with Crippen molar-refractivity contribution in [2.75, 3.05) is 43.4 Å². The number of carbonyl (C=O) groups excluding carboxylic acids is 2. The summed E-state index contributed by atoms with van der Waals surface area (Å²) in [4.78, 5) is 37.9. The number of nitrogens with one attached hydrogen (secondary N) is 2. The number of rotatable bonds is 3. The Bertz CT molecular complexity index is 1170. The molecule has 0 spiro atoms. The van der Waals surface area contributed by atoms with Crippen molar-refractivity contribution in [2.45, 2.75) is 6.42 Å². The highest BCUT2D eigenvalue weighted by Gasteiger charge is 2.24. The van der Waals surface area contributed by atoms with Gasteiger partial charge in [-0.05, 0) is 30.3 Å². The molecule has 0 unspecified atom stereocenters. The number of piperazine rings is 1. The predicted octanol–water partition coefficient (Wildman–Crippen LogP) is 2.45. The van der Waals surface area contributed by atoms with Gasteiger partial charge in [0.1, 0.15) is 0 Å². The van der Waals surface area contributed by atoms with Gasteiger partial charge in [-0.25, -0.2) is 9.97 Å². The molecule has 0 saturated carbocycles. The smallest absolute Gasteiger partial charge is 0.253 e. The Morgan fingerprint density at radius 1 is 1.06 bits per heavy atom. The zero-order valence-corrected chi connectivity index (χ0v) is 17.8. The van der Waals surface area contributed by atoms with Gasteiger partial charge in [0.15, 0.2) is 0 Å². The van der Waals surface area contributed by atoms with Crippen LogP contribution in [-0.4, -0.2) is 59.9 Å². The van der Waals surface area contributed by atoms with E-state index in [1.54, 1.807) is 18.1 Å². The minimum absolute atomic E-state index is 0.00486. The third-order valence-electron chi connectivity index (χ3n) is 5.89. The van der Waals surface area contributed by atoms with Crippen LogP contribution in [0, 0.1) is 0 Å². The number of likely N-dealkylation sites (N-methyl/N-ethyl adjacent to an activating group) is 1. The Kier molecular flexibility index (Phi) is 5.28. The Hall–Kier alpha value is -3.78. The predicted molar refractivity (Wildman–Crippen MR) is 123 cm³/mol. The second-order valence-corrected chi connectivity index (χ2v) is 7.96. The summed E-state index contributed by atoms with van der Waals surface area (Å²) in [6, 6.07) is 15.1. The molecule has 1 aromatic heterocycles. The van der Waals surface area contributed by atoms with Crippen molar-refractivity contribution in [2.24, 2.45) is 0 Å². The van der Waals surface area contributed by atoms with Crippen molar-refractivity contribution in [3.05, 3.63) is 65.9 Å². The molecule has 5 rings (SSSR count). The topological polar surface area (TPSA) is 90.5 Å². The molecule has 2 aliphatic rings. The second-order valence-electron chi connectivity index (χ2n) is 7.96. The molecule has 0 bridgehead atoms. The maximum atomic E-state index is 12.7. The molecule has 2 aliphatic heterocycles. The van der Waals surface area contributed by atoms with Crippen molar-refractivity contribution < 1.29 is 9.59 Å². The van der Waals surface area contributed by atoms with Gasteiger partial charge in [0.2, 0.25) is 11.9 Å². The monoisotopic (exact) mass is 428 g/mol. The maximum Gasteiger partial charge on any atom is 0.253 e. The number of aromatic nitrogens is 2. The molecule has 8 heteroatoms. The number of para-hydroxylation sites is 1. The highest BCUT2D eigenvalue weighted by atomic mass is 16.2. The first-order chi connectivity index (χ1) is 15.6. The number of hydrogen-bond acceptors (Lipinski definition) is 6. The first-order valence-electron chi connectivity index (χ1n) is 10.7. The zero-order chi connectivity index (χ0) is 22.1. The average Bonchev–Trinajstić information content (AvgIpc) is 2.94. The van der Waals surface area contributed by atoms with Gasteiger partial charge in [-0.2, -0.15) is 0 Å². The van der Waals surface area contributed by atoms with E-state index in [2.05, 4.69) is 15.6 Å². The summed E-state index contributed by atoms with van der Waals surface area (Å²) in [5.74, 6) is 0.492. The van der Waals surface area contributed by atoms with Crippen LogP contribution in [-0.2, 0) is 11.2 Å². The van der Waals surface area contributed by atoms with Crippen LogP contribution in [0.3, 0.4) is 0 Å². The molecule has 162 valence electrons.